The molecule has 18 heteroatoms. The lowest BCUT2D eigenvalue weighted by molar-refractivity contribution is -0.142. The van der Waals surface area contributed by atoms with Crippen LogP contribution in [0.25, 0.3) is 10.9 Å². The first-order valence-electron chi connectivity index (χ1n) is 20.1. The molecule has 0 aliphatic heterocycles. The first-order valence-corrected chi connectivity index (χ1v) is 20.1. The van der Waals surface area contributed by atoms with Crippen molar-refractivity contribution in [2.45, 2.75) is 110 Å². The number of carbonyl (C=O) groups is 7. The van der Waals surface area contributed by atoms with Gasteiger partial charge in [-0.15, -0.1) is 0 Å². The van der Waals surface area contributed by atoms with Crippen LogP contribution in [0.1, 0.15) is 71.9 Å². The highest BCUT2D eigenvalue weighted by Gasteiger charge is 2.35. The number of para-hydroxylation sites is 1. The summed E-state index contributed by atoms with van der Waals surface area (Å²) < 4.78 is 0. The molecule has 1 heterocycles. The Kier molecular flexibility index (Phi) is 18.5. The van der Waals surface area contributed by atoms with Gasteiger partial charge in [0.05, 0.1) is 0 Å². The molecule has 0 fully saturated rings. The van der Waals surface area contributed by atoms with E-state index in [0.29, 0.717) is 17.5 Å². The van der Waals surface area contributed by atoms with E-state index in [2.05, 4.69) is 41.9 Å². The van der Waals surface area contributed by atoms with E-state index in [0.717, 1.165) is 10.9 Å². The van der Waals surface area contributed by atoms with Gasteiger partial charge in [0.1, 0.15) is 36.3 Å². The number of guanidine groups is 1. The Hall–Kier alpha value is -6.46. The lowest BCUT2D eigenvalue weighted by atomic mass is 9.96. The van der Waals surface area contributed by atoms with Crippen LogP contribution in [0.15, 0.2) is 65.8 Å². The monoisotopic (exact) mass is 832 g/mol. The number of aromatic amines is 1. The van der Waals surface area contributed by atoms with E-state index >= 15 is 0 Å². The predicted octanol–water partition coefficient (Wildman–Crippen LogP) is 0.742. The fourth-order valence-corrected chi connectivity index (χ4v) is 6.46. The highest BCUT2D eigenvalue weighted by atomic mass is 16.4. The van der Waals surface area contributed by atoms with Crippen molar-refractivity contribution >= 4 is 58.3 Å². The van der Waals surface area contributed by atoms with Crippen molar-refractivity contribution < 1.29 is 38.7 Å². The zero-order valence-electron chi connectivity index (χ0n) is 35.0. The van der Waals surface area contributed by atoms with Crippen LogP contribution in [0, 0.1) is 11.8 Å². The molecule has 2 aromatic carbocycles. The first-order chi connectivity index (χ1) is 28.4. The van der Waals surface area contributed by atoms with Crippen LogP contribution in [-0.4, -0.2) is 100 Å². The number of hydrogen-bond donors (Lipinski definition) is 10. The molecular formula is C42H60N10O8. The number of nitrogens with two attached hydrogens (primary N) is 2. The van der Waals surface area contributed by atoms with Crippen molar-refractivity contribution in [3.63, 3.8) is 0 Å². The zero-order chi connectivity index (χ0) is 44.5. The summed E-state index contributed by atoms with van der Waals surface area (Å²) in [5.74, 6) is -6.07. The summed E-state index contributed by atoms with van der Waals surface area (Å²) in [6.07, 6.45) is 2.48. The molecule has 326 valence electrons. The van der Waals surface area contributed by atoms with Crippen molar-refractivity contribution in [3.8, 4) is 0 Å². The number of aromatic nitrogens is 1. The van der Waals surface area contributed by atoms with Gasteiger partial charge in [-0.3, -0.25) is 33.8 Å². The number of carboxylic acid groups (broad SMARTS) is 1. The second-order valence-electron chi connectivity index (χ2n) is 15.2. The molecule has 0 unspecified atom stereocenters. The molecule has 3 aromatic rings. The maximum atomic E-state index is 14.1. The Balaban J connectivity index is 1.82. The molecule has 0 spiro atoms. The van der Waals surface area contributed by atoms with Crippen LogP contribution < -0.4 is 43.4 Å². The maximum absolute atomic E-state index is 14.1. The van der Waals surface area contributed by atoms with Crippen LogP contribution >= 0.6 is 0 Å². The van der Waals surface area contributed by atoms with Crippen LogP contribution in [0.4, 0.5) is 0 Å². The molecule has 6 amide bonds. The molecule has 1 aromatic heterocycles. The van der Waals surface area contributed by atoms with Gasteiger partial charge in [-0.2, -0.15) is 0 Å². The van der Waals surface area contributed by atoms with Crippen molar-refractivity contribution in [1.82, 2.24) is 36.9 Å². The van der Waals surface area contributed by atoms with Crippen molar-refractivity contribution in [2.75, 3.05) is 6.54 Å². The largest absolute Gasteiger partial charge is 0.480 e. The van der Waals surface area contributed by atoms with Gasteiger partial charge in [0.25, 0.3) is 0 Å². The standard InChI is InChI=1S/C42H60N10O8/c1-7-24(4)35(52-37(55)31(18-13-19-45-42(43)44)49-39(57)34(23(2)3)48-26(6)53)40(58)50-32(20-27-14-9-8-10-15-27)38(56)47-25(5)36(54)51-33(41(59)60)21-28-22-46-30-17-12-11-16-29(28)30/h8-12,14-17,22-25,31-35,46H,7,13,18-21H2,1-6H3,(H,47,56)(H,48,53)(H,49,57)(H,50,58)(H,51,54)(H,52,55)(H,59,60)(H4,43,44,45)/t24-,25-,31-,32-,33-,34-,35-/m0/s1. The molecule has 0 aliphatic carbocycles. The molecule has 7 atom stereocenters. The van der Waals surface area contributed by atoms with Crippen LogP contribution in [0.3, 0.4) is 0 Å². The number of aliphatic imine (C=N–C) groups is 1. The second kappa shape index (κ2) is 23.2. The van der Waals surface area contributed by atoms with Gasteiger partial charge >= 0.3 is 5.97 Å². The molecule has 60 heavy (non-hydrogen) atoms. The first kappa shape index (κ1) is 47.9. The topological polar surface area (TPSA) is 292 Å². The summed E-state index contributed by atoms with van der Waals surface area (Å²) in [4.78, 5) is 99.8. The summed E-state index contributed by atoms with van der Waals surface area (Å²) in [6.45, 7) is 9.89. The third-order valence-electron chi connectivity index (χ3n) is 10.1. The van der Waals surface area contributed by atoms with E-state index in [1.54, 1.807) is 57.3 Å². The van der Waals surface area contributed by atoms with E-state index in [1.165, 1.54) is 13.8 Å². The average Bonchev–Trinajstić information content (AvgIpc) is 3.61. The molecule has 0 saturated carbocycles. The fraction of sp³-hybridized carbons (Fsp3) is 0.476. The summed E-state index contributed by atoms with van der Waals surface area (Å²) in [5, 5.41) is 26.8. The van der Waals surface area contributed by atoms with E-state index in [4.69, 9.17) is 11.5 Å². The normalized spacial score (nSPS) is 14.6. The van der Waals surface area contributed by atoms with Gasteiger partial charge in [-0.1, -0.05) is 82.6 Å². The number of rotatable bonds is 23. The van der Waals surface area contributed by atoms with Gasteiger partial charge in [0.2, 0.25) is 35.4 Å². The van der Waals surface area contributed by atoms with Gasteiger partial charge in [-0.05, 0) is 48.8 Å². The molecule has 0 saturated heterocycles. The Morgan fingerprint density at radius 1 is 0.700 bits per heavy atom. The van der Waals surface area contributed by atoms with E-state index in [1.807, 2.05) is 31.2 Å². The Morgan fingerprint density at radius 2 is 1.30 bits per heavy atom. The zero-order valence-corrected chi connectivity index (χ0v) is 35.0. The number of carbonyl (C=O) groups excluding carboxylic acids is 6. The second-order valence-corrected chi connectivity index (χ2v) is 15.2. The molecule has 18 nitrogen and oxygen atoms in total. The quantitative estimate of drug-likeness (QED) is 0.0363. The van der Waals surface area contributed by atoms with Gasteiger partial charge in [0, 0.05) is 43.4 Å². The number of nitrogens with one attached hydrogen (secondary N) is 7. The van der Waals surface area contributed by atoms with Crippen molar-refractivity contribution in [2.24, 2.45) is 28.3 Å². The molecule has 0 bridgehead atoms. The third kappa shape index (κ3) is 14.7. The maximum Gasteiger partial charge on any atom is 0.326 e. The number of amides is 6. The lowest BCUT2D eigenvalue weighted by Crippen LogP contribution is -2.61. The van der Waals surface area contributed by atoms with Crippen LogP contribution in [0.5, 0.6) is 0 Å². The number of carboxylic acids is 1. The van der Waals surface area contributed by atoms with E-state index in [-0.39, 0.29) is 44.1 Å². The Labute approximate surface area is 349 Å². The van der Waals surface area contributed by atoms with Crippen molar-refractivity contribution in [3.05, 3.63) is 71.9 Å². The highest BCUT2D eigenvalue weighted by Crippen LogP contribution is 2.19. The van der Waals surface area contributed by atoms with Crippen LogP contribution in [-0.2, 0) is 46.4 Å². The van der Waals surface area contributed by atoms with Gasteiger partial charge in [-0.25, -0.2) is 4.79 Å². The number of benzene rings is 2. The molecular weight excluding hydrogens is 773 g/mol. The van der Waals surface area contributed by atoms with Crippen LogP contribution in [0.2, 0.25) is 0 Å². The Bertz CT molecular complexity index is 1980. The summed E-state index contributed by atoms with van der Waals surface area (Å²) in [7, 11) is 0. The molecule has 0 radical (unpaired) electrons. The predicted molar refractivity (Wildman–Crippen MR) is 227 cm³/mol. The third-order valence-corrected chi connectivity index (χ3v) is 10.1. The Morgan fingerprint density at radius 3 is 1.92 bits per heavy atom. The van der Waals surface area contributed by atoms with Gasteiger partial charge in [0.15, 0.2) is 5.96 Å². The summed E-state index contributed by atoms with van der Waals surface area (Å²) in [6, 6.07) is 9.18. The van der Waals surface area contributed by atoms with E-state index < -0.39 is 83.6 Å². The minimum Gasteiger partial charge on any atom is -0.480 e. The summed E-state index contributed by atoms with van der Waals surface area (Å²) >= 11 is 0. The average molecular weight is 833 g/mol. The highest BCUT2D eigenvalue weighted by molar-refractivity contribution is 5.97. The summed E-state index contributed by atoms with van der Waals surface area (Å²) in [5.41, 5.74) is 13.1. The molecule has 12 N–H and O–H groups in total. The number of aliphatic carboxylic acids is 1. The SMILES string of the molecule is CC[C@H](C)[C@H](NC(=O)[C@H](CCCN=C(N)N)NC(=O)[C@@H](NC(C)=O)C(C)C)C(=O)N[C@@H](Cc1ccccc1)C(=O)N[C@@H](C)C(=O)N[C@@H](Cc1c[nH]c2ccccc12)C(=O)O. The smallest absolute Gasteiger partial charge is 0.326 e. The number of nitrogens with zero attached hydrogens (tertiary/aromatic N) is 1. The number of fused-ring (bicyclic) bond motifs is 1. The minimum atomic E-state index is -1.31. The molecule has 3 rings (SSSR count). The minimum absolute atomic E-state index is 0.00938. The van der Waals surface area contributed by atoms with Crippen molar-refractivity contribution in [1.29, 1.82) is 0 Å². The number of hydrogen-bond acceptors (Lipinski definition) is 8. The van der Waals surface area contributed by atoms with Gasteiger partial charge < -0.3 is 53.5 Å². The van der Waals surface area contributed by atoms with E-state index in [9.17, 15) is 38.7 Å². The fourth-order valence-electron chi connectivity index (χ4n) is 6.46. The molecule has 0 aliphatic rings. The number of H-pyrrole nitrogens is 1. The lowest BCUT2D eigenvalue weighted by Gasteiger charge is -2.29.